The number of phenolic OH excluding ortho intramolecular Hbond substituents is 1. The van der Waals surface area contributed by atoms with Crippen LogP contribution in [0.25, 0.3) is 5.69 Å². The van der Waals surface area contributed by atoms with E-state index in [1.165, 1.54) is 7.11 Å². The molecule has 10 heteroatoms. The maximum atomic E-state index is 12.1. The number of amides is 1. The molecule has 2 atom stereocenters. The number of methoxy groups -OCH3 is 1. The maximum absolute atomic E-state index is 12.1. The van der Waals surface area contributed by atoms with E-state index in [0.717, 1.165) is 33.9 Å². The second-order valence-corrected chi connectivity index (χ2v) is 10.6. The fourth-order valence-electron chi connectivity index (χ4n) is 5.34. The van der Waals surface area contributed by atoms with Crippen molar-refractivity contribution < 1.29 is 14.6 Å². The molecule has 2 aromatic heterocycles. The zero-order valence-corrected chi connectivity index (χ0v) is 24.2. The number of benzene rings is 2. The number of anilines is 2. The summed E-state index contributed by atoms with van der Waals surface area (Å²) in [6.45, 7) is 5.95. The van der Waals surface area contributed by atoms with Gasteiger partial charge in [0, 0.05) is 41.1 Å². The molecule has 0 unspecified atom stereocenters. The van der Waals surface area contributed by atoms with Crippen LogP contribution >= 0.6 is 23.8 Å². The van der Waals surface area contributed by atoms with Crippen LogP contribution in [0.2, 0.25) is 5.02 Å². The van der Waals surface area contributed by atoms with E-state index in [2.05, 4.69) is 26.6 Å². The summed E-state index contributed by atoms with van der Waals surface area (Å²) in [4.78, 5) is 18.9. The molecule has 1 aliphatic heterocycles. The Bertz CT molecular complexity index is 1590. The van der Waals surface area contributed by atoms with Crippen LogP contribution in [0.5, 0.6) is 5.75 Å². The lowest BCUT2D eigenvalue weighted by Crippen LogP contribution is -2.29. The summed E-state index contributed by atoms with van der Waals surface area (Å²) in [5, 5.41) is 18.2. The van der Waals surface area contributed by atoms with Gasteiger partial charge in [-0.25, -0.2) is 0 Å². The molecule has 4 aromatic rings. The van der Waals surface area contributed by atoms with Gasteiger partial charge in [-0.15, -0.1) is 0 Å². The van der Waals surface area contributed by atoms with Crippen molar-refractivity contribution >= 4 is 46.2 Å². The first-order chi connectivity index (χ1) is 19.2. The number of aromatic nitrogens is 2. The molecule has 1 amide bonds. The number of hydrogen-bond acceptors (Lipinski definition) is 5. The van der Waals surface area contributed by atoms with E-state index in [1.54, 1.807) is 24.4 Å². The number of nitrogens with one attached hydrogen (secondary N) is 2. The Morgan fingerprint density at radius 2 is 1.95 bits per heavy atom. The van der Waals surface area contributed by atoms with Crippen molar-refractivity contribution in [3.05, 3.63) is 100 Å². The highest BCUT2D eigenvalue weighted by Crippen LogP contribution is 2.44. The van der Waals surface area contributed by atoms with Crippen LogP contribution in [0.3, 0.4) is 0 Å². The zero-order valence-electron chi connectivity index (χ0n) is 22.6. The van der Waals surface area contributed by atoms with E-state index < -0.39 is 0 Å². The molecule has 1 fully saturated rings. The molecule has 0 radical (unpaired) electrons. The molecule has 3 heterocycles. The average molecular weight is 576 g/mol. The number of phenols is 1. The molecule has 0 bridgehead atoms. The van der Waals surface area contributed by atoms with Crippen molar-refractivity contribution in [2.75, 3.05) is 23.9 Å². The van der Waals surface area contributed by atoms with Crippen LogP contribution in [-0.2, 0) is 9.53 Å². The third-order valence-electron chi connectivity index (χ3n) is 7.10. The lowest BCUT2D eigenvalue weighted by atomic mass is 9.96. The molecule has 0 aliphatic carbocycles. The minimum atomic E-state index is -0.253. The standard InChI is InChI=1S/C30H30ClN5O3S/c1-17-13-21(9-10-23(17)33-27(38)16-39-4)36-29(28(34-30(36)40)24-7-5-6-12-32-24)22-14-18(2)35(19(22)3)25-15-20(31)8-11-26(25)37/h5-15,28-29,37H,16H2,1-4H3,(H,33,38)(H,34,40)/t28-,29+/m0/s1. The van der Waals surface area contributed by atoms with Crippen LogP contribution in [-0.4, -0.2) is 39.4 Å². The van der Waals surface area contributed by atoms with Gasteiger partial charge >= 0.3 is 0 Å². The first-order valence-corrected chi connectivity index (χ1v) is 13.6. The number of ether oxygens (including phenoxy) is 1. The van der Waals surface area contributed by atoms with Crippen molar-refractivity contribution in [1.82, 2.24) is 14.9 Å². The number of nitrogens with zero attached hydrogens (tertiary/aromatic N) is 3. The minimum absolute atomic E-state index is 0.0209. The molecule has 5 rings (SSSR count). The second-order valence-electron chi connectivity index (χ2n) is 9.77. The number of hydrogen-bond donors (Lipinski definition) is 3. The third kappa shape index (κ3) is 5.15. The highest BCUT2D eigenvalue weighted by molar-refractivity contribution is 7.80. The summed E-state index contributed by atoms with van der Waals surface area (Å²) < 4.78 is 6.95. The van der Waals surface area contributed by atoms with Gasteiger partial charge in [-0.2, -0.15) is 0 Å². The number of carbonyl (C=O) groups is 1. The number of pyridine rings is 1. The van der Waals surface area contributed by atoms with Crippen molar-refractivity contribution in [2.45, 2.75) is 32.9 Å². The fraction of sp³-hybridized carbons (Fsp3) is 0.233. The zero-order chi connectivity index (χ0) is 28.6. The van der Waals surface area contributed by atoms with E-state index in [9.17, 15) is 9.90 Å². The molecular weight excluding hydrogens is 546 g/mol. The Morgan fingerprint density at radius 3 is 2.65 bits per heavy atom. The van der Waals surface area contributed by atoms with Gasteiger partial charge in [-0.1, -0.05) is 17.7 Å². The van der Waals surface area contributed by atoms with Crippen LogP contribution in [0, 0.1) is 20.8 Å². The summed E-state index contributed by atoms with van der Waals surface area (Å²) in [6.07, 6.45) is 1.77. The van der Waals surface area contributed by atoms with Crippen LogP contribution in [0.15, 0.2) is 66.9 Å². The highest BCUT2D eigenvalue weighted by Gasteiger charge is 2.42. The number of rotatable bonds is 7. The SMILES string of the molecule is COCC(=O)Nc1ccc(N2C(=S)N[C@@H](c3ccccn3)[C@H]2c2cc(C)n(-c3cc(Cl)ccc3O)c2C)cc1C. The molecule has 1 saturated heterocycles. The van der Waals surface area contributed by atoms with Gasteiger partial charge in [-0.3, -0.25) is 9.78 Å². The first-order valence-electron chi connectivity index (χ1n) is 12.8. The van der Waals surface area contributed by atoms with Crippen LogP contribution in [0.1, 0.15) is 40.3 Å². The van der Waals surface area contributed by atoms with Crippen molar-refractivity contribution in [3.63, 3.8) is 0 Å². The minimum Gasteiger partial charge on any atom is -0.506 e. The Balaban J connectivity index is 1.63. The lowest BCUT2D eigenvalue weighted by Gasteiger charge is -2.29. The number of carbonyl (C=O) groups excluding carboxylic acids is 1. The topological polar surface area (TPSA) is 91.7 Å². The summed E-state index contributed by atoms with van der Waals surface area (Å²) >= 11 is 12.2. The summed E-state index contributed by atoms with van der Waals surface area (Å²) in [5.41, 5.74) is 6.83. The largest absolute Gasteiger partial charge is 0.506 e. The normalized spacial score (nSPS) is 16.7. The van der Waals surface area contributed by atoms with E-state index in [-0.39, 0.29) is 30.3 Å². The van der Waals surface area contributed by atoms with Gasteiger partial charge < -0.3 is 29.9 Å². The number of thiocarbonyl (C=S) groups is 1. The molecule has 0 spiro atoms. The summed E-state index contributed by atoms with van der Waals surface area (Å²) in [5.74, 6) is -0.0841. The predicted octanol–water partition coefficient (Wildman–Crippen LogP) is 5.92. The Morgan fingerprint density at radius 1 is 1.15 bits per heavy atom. The van der Waals surface area contributed by atoms with E-state index in [4.69, 9.17) is 28.6 Å². The molecule has 8 nitrogen and oxygen atoms in total. The van der Waals surface area contributed by atoms with Crippen molar-refractivity contribution in [1.29, 1.82) is 0 Å². The molecule has 0 saturated carbocycles. The summed E-state index contributed by atoms with van der Waals surface area (Å²) in [7, 11) is 1.49. The predicted molar refractivity (Wildman–Crippen MR) is 162 cm³/mol. The lowest BCUT2D eigenvalue weighted by molar-refractivity contribution is -0.119. The van der Waals surface area contributed by atoms with Crippen LogP contribution in [0.4, 0.5) is 11.4 Å². The fourth-order valence-corrected chi connectivity index (χ4v) is 5.85. The molecule has 3 N–H and O–H groups in total. The van der Waals surface area contributed by atoms with E-state index in [1.807, 2.05) is 61.7 Å². The number of aromatic hydroxyl groups is 1. The smallest absolute Gasteiger partial charge is 0.250 e. The number of halogens is 1. The second kappa shape index (κ2) is 11.3. The van der Waals surface area contributed by atoms with Crippen molar-refractivity contribution in [2.24, 2.45) is 0 Å². The third-order valence-corrected chi connectivity index (χ3v) is 7.65. The van der Waals surface area contributed by atoms with Gasteiger partial charge in [0.1, 0.15) is 12.4 Å². The molecular formula is C30H30ClN5O3S. The van der Waals surface area contributed by atoms with Gasteiger partial charge in [0.2, 0.25) is 5.91 Å². The number of aryl methyl sites for hydroxylation is 2. The molecule has 40 heavy (non-hydrogen) atoms. The van der Waals surface area contributed by atoms with Gasteiger partial charge in [-0.05, 0) is 98.7 Å². The van der Waals surface area contributed by atoms with E-state index in [0.29, 0.717) is 21.5 Å². The van der Waals surface area contributed by atoms with E-state index >= 15 is 0 Å². The average Bonchev–Trinajstić information content (AvgIpc) is 3.42. The summed E-state index contributed by atoms with van der Waals surface area (Å²) in [6, 6.07) is 18.3. The Kier molecular flexibility index (Phi) is 7.80. The van der Waals surface area contributed by atoms with Gasteiger partial charge in [0.15, 0.2) is 5.11 Å². The first kappa shape index (κ1) is 27.6. The monoisotopic (exact) mass is 575 g/mol. The molecule has 2 aromatic carbocycles. The Labute approximate surface area is 243 Å². The van der Waals surface area contributed by atoms with Gasteiger partial charge in [0.05, 0.1) is 23.5 Å². The molecule has 206 valence electrons. The maximum Gasteiger partial charge on any atom is 0.250 e. The molecule has 1 aliphatic rings. The Hall–Kier alpha value is -3.92. The highest BCUT2D eigenvalue weighted by atomic mass is 35.5. The van der Waals surface area contributed by atoms with Gasteiger partial charge in [0.25, 0.3) is 0 Å². The van der Waals surface area contributed by atoms with Crippen molar-refractivity contribution in [3.8, 4) is 11.4 Å². The van der Waals surface area contributed by atoms with Crippen LogP contribution < -0.4 is 15.5 Å². The quantitative estimate of drug-likeness (QED) is 0.236.